The fourth-order valence-corrected chi connectivity index (χ4v) is 3.76. The zero-order chi connectivity index (χ0) is 20.3. The topological polar surface area (TPSA) is 93.2 Å². The average Bonchev–Trinajstić information content (AvgIpc) is 3.13. The number of carbonyl (C=O) groups is 3. The van der Waals surface area contributed by atoms with Gasteiger partial charge in [0.2, 0.25) is 17.7 Å². The van der Waals surface area contributed by atoms with E-state index < -0.39 is 0 Å². The number of hydrogen-bond donors (Lipinski definition) is 2. The van der Waals surface area contributed by atoms with Gasteiger partial charge >= 0.3 is 0 Å². The van der Waals surface area contributed by atoms with Crippen LogP contribution in [-0.2, 0) is 14.4 Å². The Balaban J connectivity index is 1.45. The maximum absolute atomic E-state index is 12.5. The number of anilines is 1. The Kier molecular flexibility index (Phi) is 6.41. The van der Waals surface area contributed by atoms with Crippen LogP contribution >= 0.6 is 11.6 Å². The molecule has 2 N–H and O–H groups in total. The predicted molar refractivity (Wildman–Crippen MR) is 105 cm³/mol. The lowest BCUT2D eigenvalue weighted by molar-refractivity contribution is -0.139. The molecular formula is C19H25ClN4O4. The highest BCUT2D eigenvalue weighted by Gasteiger charge is 2.31. The Morgan fingerprint density at radius 3 is 2.46 bits per heavy atom. The van der Waals surface area contributed by atoms with Gasteiger partial charge in [-0.2, -0.15) is 0 Å². The quantitative estimate of drug-likeness (QED) is 0.725. The third-order valence-electron chi connectivity index (χ3n) is 5.29. The molecule has 2 aliphatic heterocycles. The Morgan fingerprint density at radius 1 is 1.14 bits per heavy atom. The first-order chi connectivity index (χ1) is 13.3. The summed E-state index contributed by atoms with van der Waals surface area (Å²) in [5.74, 6) is -0.277. The van der Waals surface area contributed by atoms with Gasteiger partial charge in [-0.15, -0.1) is 0 Å². The van der Waals surface area contributed by atoms with E-state index in [9.17, 15) is 19.5 Å². The van der Waals surface area contributed by atoms with E-state index in [4.69, 9.17) is 11.6 Å². The normalized spacial score (nSPS) is 20.3. The van der Waals surface area contributed by atoms with Crippen molar-refractivity contribution < 1.29 is 19.5 Å². The summed E-state index contributed by atoms with van der Waals surface area (Å²) in [5.41, 5.74) is 0.533. The third-order valence-corrected chi connectivity index (χ3v) is 5.60. The second kappa shape index (κ2) is 8.79. The van der Waals surface area contributed by atoms with E-state index in [1.165, 1.54) is 12.1 Å². The van der Waals surface area contributed by atoms with Crippen LogP contribution in [0.5, 0.6) is 5.75 Å². The number of hydrogen-bond acceptors (Lipinski definition) is 5. The van der Waals surface area contributed by atoms with Crippen molar-refractivity contribution in [3.63, 3.8) is 0 Å². The summed E-state index contributed by atoms with van der Waals surface area (Å²) < 4.78 is 0. The molecule has 0 spiro atoms. The number of nitrogens with one attached hydrogen (secondary N) is 1. The van der Waals surface area contributed by atoms with E-state index in [0.29, 0.717) is 51.4 Å². The van der Waals surface area contributed by atoms with Crippen molar-refractivity contribution in [2.75, 3.05) is 51.1 Å². The summed E-state index contributed by atoms with van der Waals surface area (Å²) in [7, 11) is 0. The van der Waals surface area contributed by atoms with Gasteiger partial charge in [0.05, 0.1) is 17.5 Å². The fraction of sp³-hybridized carbons (Fsp3) is 0.526. The van der Waals surface area contributed by atoms with Gasteiger partial charge in [0.15, 0.2) is 0 Å². The molecule has 0 aliphatic carbocycles. The standard InChI is InChI=1S/C19H25ClN4O4/c1-13(25)23-6-8-24(9-7-23)18(27)12-22-5-4-14(11-22)19(28)21-15-2-3-17(26)16(20)10-15/h2-3,10,14,26H,4-9,11-12H2,1H3,(H,21,28)/t14-/m1/s1. The number of rotatable bonds is 4. The molecule has 0 radical (unpaired) electrons. The van der Waals surface area contributed by atoms with Crippen molar-refractivity contribution in [1.82, 2.24) is 14.7 Å². The molecule has 3 amide bonds. The smallest absolute Gasteiger partial charge is 0.236 e. The summed E-state index contributed by atoms with van der Waals surface area (Å²) >= 11 is 5.86. The van der Waals surface area contributed by atoms with Crippen LogP contribution in [0, 0.1) is 5.92 Å². The van der Waals surface area contributed by atoms with Gasteiger partial charge in [-0.3, -0.25) is 19.3 Å². The van der Waals surface area contributed by atoms with E-state index >= 15 is 0 Å². The fourth-order valence-electron chi connectivity index (χ4n) is 3.58. The number of phenolic OH excluding ortho intramolecular Hbond substituents is 1. The average molecular weight is 409 g/mol. The van der Waals surface area contributed by atoms with Gasteiger partial charge in [0, 0.05) is 45.3 Å². The van der Waals surface area contributed by atoms with Crippen LogP contribution in [0.15, 0.2) is 18.2 Å². The van der Waals surface area contributed by atoms with Crippen LogP contribution in [0.25, 0.3) is 0 Å². The molecule has 0 saturated carbocycles. The second-order valence-electron chi connectivity index (χ2n) is 7.26. The summed E-state index contributed by atoms with van der Waals surface area (Å²) in [6, 6.07) is 4.53. The predicted octanol–water partition coefficient (Wildman–Crippen LogP) is 0.997. The monoisotopic (exact) mass is 408 g/mol. The van der Waals surface area contributed by atoms with E-state index in [1.807, 2.05) is 4.90 Å². The van der Waals surface area contributed by atoms with Crippen molar-refractivity contribution in [3.05, 3.63) is 23.2 Å². The number of likely N-dealkylation sites (tertiary alicyclic amines) is 1. The van der Waals surface area contributed by atoms with Gasteiger partial charge in [-0.25, -0.2) is 0 Å². The van der Waals surface area contributed by atoms with Crippen LogP contribution < -0.4 is 5.32 Å². The maximum Gasteiger partial charge on any atom is 0.236 e. The van der Waals surface area contributed by atoms with Crippen molar-refractivity contribution in [1.29, 1.82) is 0 Å². The van der Waals surface area contributed by atoms with E-state index in [0.717, 1.165) is 0 Å². The molecule has 8 nitrogen and oxygen atoms in total. The zero-order valence-electron chi connectivity index (χ0n) is 15.9. The Labute approximate surface area is 169 Å². The van der Waals surface area contributed by atoms with Crippen LogP contribution in [0.2, 0.25) is 5.02 Å². The minimum Gasteiger partial charge on any atom is -0.506 e. The van der Waals surface area contributed by atoms with Crippen LogP contribution in [-0.4, -0.2) is 83.3 Å². The second-order valence-corrected chi connectivity index (χ2v) is 7.67. The minimum atomic E-state index is -0.199. The Bertz CT molecular complexity index is 764. The molecule has 0 unspecified atom stereocenters. The number of aromatic hydroxyl groups is 1. The number of nitrogens with zero attached hydrogens (tertiary/aromatic N) is 3. The lowest BCUT2D eigenvalue weighted by atomic mass is 10.1. The molecule has 1 aromatic rings. The van der Waals surface area contributed by atoms with E-state index in [1.54, 1.807) is 22.8 Å². The number of piperazine rings is 1. The molecule has 2 fully saturated rings. The van der Waals surface area contributed by atoms with Gasteiger partial charge < -0.3 is 20.2 Å². The number of carbonyl (C=O) groups excluding carboxylic acids is 3. The molecular weight excluding hydrogens is 384 g/mol. The number of benzene rings is 1. The molecule has 9 heteroatoms. The summed E-state index contributed by atoms with van der Waals surface area (Å²) in [6.45, 7) is 5.29. The van der Waals surface area contributed by atoms with Gasteiger partial charge in [-0.1, -0.05) is 11.6 Å². The zero-order valence-corrected chi connectivity index (χ0v) is 16.6. The van der Waals surface area contributed by atoms with Crippen LogP contribution in [0.1, 0.15) is 13.3 Å². The molecule has 0 aromatic heterocycles. The van der Waals surface area contributed by atoms with Crippen LogP contribution in [0.3, 0.4) is 0 Å². The highest BCUT2D eigenvalue weighted by molar-refractivity contribution is 6.32. The Hall–Kier alpha value is -2.32. The molecule has 0 bridgehead atoms. The largest absolute Gasteiger partial charge is 0.506 e. The summed E-state index contributed by atoms with van der Waals surface area (Å²) in [5, 5.41) is 12.4. The highest BCUT2D eigenvalue weighted by Crippen LogP contribution is 2.27. The first kappa shape index (κ1) is 20.4. The molecule has 1 atom stereocenters. The lowest BCUT2D eigenvalue weighted by Crippen LogP contribution is -2.52. The minimum absolute atomic E-state index is 0.0330. The SMILES string of the molecule is CC(=O)N1CCN(C(=O)CN2CC[C@@H](C(=O)Nc3ccc(O)c(Cl)c3)C2)CC1. The van der Waals surface area contributed by atoms with Gasteiger partial charge in [0.25, 0.3) is 0 Å². The third kappa shape index (κ3) is 4.94. The number of amides is 3. The highest BCUT2D eigenvalue weighted by atomic mass is 35.5. The molecule has 2 heterocycles. The van der Waals surface area contributed by atoms with Gasteiger partial charge in [0.1, 0.15) is 5.75 Å². The summed E-state index contributed by atoms with van der Waals surface area (Å²) in [6.07, 6.45) is 0.684. The number of phenols is 1. The van der Waals surface area contributed by atoms with E-state index in [2.05, 4.69) is 5.32 Å². The molecule has 3 rings (SSSR count). The summed E-state index contributed by atoms with van der Waals surface area (Å²) in [4.78, 5) is 41.9. The van der Waals surface area contributed by atoms with E-state index in [-0.39, 0.29) is 41.0 Å². The van der Waals surface area contributed by atoms with Crippen molar-refractivity contribution >= 4 is 35.0 Å². The van der Waals surface area contributed by atoms with Crippen molar-refractivity contribution in [2.24, 2.45) is 5.92 Å². The molecule has 152 valence electrons. The molecule has 1 aromatic carbocycles. The lowest BCUT2D eigenvalue weighted by Gasteiger charge is -2.35. The molecule has 28 heavy (non-hydrogen) atoms. The first-order valence-electron chi connectivity index (χ1n) is 9.38. The Morgan fingerprint density at radius 2 is 1.82 bits per heavy atom. The van der Waals surface area contributed by atoms with Crippen LogP contribution in [0.4, 0.5) is 5.69 Å². The molecule has 2 saturated heterocycles. The van der Waals surface area contributed by atoms with Crippen molar-refractivity contribution in [2.45, 2.75) is 13.3 Å². The number of halogens is 1. The molecule has 2 aliphatic rings. The first-order valence-corrected chi connectivity index (χ1v) is 9.76. The van der Waals surface area contributed by atoms with Gasteiger partial charge in [-0.05, 0) is 31.2 Å². The maximum atomic E-state index is 12.5. The van der Waals surface area contributed by atoms with Crippen molar-refractivity contribution in [3.8, 4) is 5.75 Å².